The highest BCUT2D eigenvalue weighted by Crippen LogP contribution is 2.13. The number of rotatable bonds is 5. The Morgan fingerprint density at radius 1 is 1.62 bits per heavy atom. The van der Waals surface area contributed by atoms with Crippen molar-refractivity contribution in [3.8, 4) is 12.3 Å². The van der Waals surface area contributed by atoms with Gasteiger partial charge in [-0.1, -0.05) is 11.8 Å². The topological polar surface area (TPSA) is 63.8 Å². The monoisotopic (exact) mass is 198 g/mol. The summed E-state index contributed by atoms with van der Waals surface area (Å²) in [6.07, 6.45) is 5.79. The average Bonchev–Trinajstić information content (AvgIpc) is 2.54. The summed E-state index contributed by atoms with van der Waals surface area (Å²) in [5, 5.41) is 20.4. The lowest BCUT2D eigenvalue weighted by Crippen LogP contribution is -2.05. The van der Waals surface area contributed by atoms with Crippen LogP contribution in [0.25, 0.3) is 0 Å². The first-order valence-electron chi connectivity index (χ1n) is 3.81. The van der Waals surface area contributed by atoms with Gasteiger partial charge in [0.15, 0.2) is 0 Å². The molecule has 0 radical (unpaired) electrons. The number of hydrogen-bond acceptors (Lipinski definition) is 5. The van der Waals surface area contributed by atoms with E-state index in [9.17, 15) is 0 Å². The maximum Gasteiger partial charge on any atom is 0.209 e. The van der Waals surface area contributed by atoms with E-state index >= 15 is 0 Å². The lowest BCUT2D eigenvalue weighted by atomic mass is 10.5. The fraction of sp³-hybridized carbons (Fsp3) is 0.571. The molecule has 5 nitrogen and oxygen atoms in total. The van der Waals surface area contributed by atoms with Crippen LogP contribution < -0.4 is 0 Å². The van der Waals surface area contributed by atoms with Crippen LogP contribution in [0.3, 0.4) is 0 Å². The van der Waals surface area contributed by atoms with E-state index < -0.39 is 0 Å². The average molecular weight is 198 g/mol. The van der Waals surface area contributed by atoms with Gasteiger partial charge in [-0.2, -0.15) is 0 Å². The predicted molar refractivity (Wildman–Crippen MR) is 49.1 cm³/mol. The highest BCUT2D eigenvalue weighted by Gasteiger charge is 2.04. The maximum atomic E-state index is 8.68. The minimum absolute atomic E-state index is 0.0355. The molecule has 0 amide bonds. The number of tetrazole rings is 1. The standard InChI is InChI=1S/C7H10N4OS/c1-2-3-6-13-7-8-9-10-11(7)4-5-12/h1,12H,3-6H2. The number of terminal acetylenes is 1. The molecule has 0 aromatic carbocycles. The molecular formula is C7H10N4OS. The fourth-order valence-corrected chi connectivity index (χ4v) is 1.51. The molecule has 1 N–H and O–H groups in total. The van der Waals surface area contributed by atoms with Crippen LogP contribution in [0.4, 0.5) is 0 Å². The minimum Gasteiger partial charge on any atom is -0.394 e. The Hall–Kier alpha value is -1.06. The first kappa shape index (κ1) is 10.0. The van der Waals surface area contributed by atoms with E-state index in [1.54, 1.807) is 4.68 Å². The molecule has 6 heteroatoms. The summed E-state index contributed by atoms with van der Waals surface area (Å²) in [5.74, 6) is 3.33. The molecule has 70 valence electrons. The van der Waals surface area contributed by atoms with Crippen LogP contribution in [0.5, 0.6) is 0 Å². The molecule has 0 fully saturated rings. The molecule has 0 saturated carbocycles. The van der Waals surface area contributed by atoms with Crippen LogP contribution in [0.1, 0.15) is 6.42 Å². The molecule has 1 heterocycles. The Morgan fingerprint density at radius 2 is 2.46 bits per heavy atom. The van der Waals surface area contributed by atoms with Gasteiger partial charge in [0.25, 0.3) is 0 Å². The minimum atomic E-state index is 0.0355. The quantitative estimate of drug-likeness (QED) is 0.402. The van der Waals surface area contributed by atoms with Crippen LogP contribution in [0.15, 0.2) is 5.16 Å². The molecule has 0 aliphatic rings. The number of thioether (sulfide) groups is 1. The highest BCUT2D eigenvalue weighted by molar-refractivity contribution is 7.99. The summed E-state index contributed by atoms with van der Waals surface area (Å²) >= 11 is 1.49. The van der Waals surface area contributed by atoms with E-state index in [2.05, 4.69) is 21.4 Å². The van der Waals surface area contributed by atoms with Gasteiger partial charge in [0.2, 0.25) is 5.16 Å². The molecule has 0 saturated heterocycles. The summed E-state index contributed by atoms with van der Waals surface area (Å²) in [6.45, 7) is 0.457. The number of aromatic nitrogens is 4. The molecule has 1 aromatic rings. The zero-order valence-corrected chi connectivity index (χ0v) is 7.87. The summed E-state index contributed by atoms with van der Waals surface area (Å²) in [7, 11) is 0. The van der Waals surface area contributed by atoms with Crippen molar-refractivity contribution in [2.45, 2.75) is 18.1 Å². The van der Waals surface area contributed by atoms with Crippen molar-refractivity contribution in [2.24, 2.45) is 0 Å². The molecule has 0 aliphatic heterocycles. The van der Waals surface area contributed by atoms with E-state index in [1.807, 2.05) is 0 Å². The van der Waals surface area contributed by atoms with Crippen molar-refractivity contribution in [1.29, 1.82) is 0 Å². The smallest absolute Gasteiger partial charge is 0.209 e. The van der Waals surface area contributed by atoms with E-state index in [-0.39, 0.29) is 6.61 Å². The summed E-state index contributed by atoms with van der Waals surface area (Å²) in [5.41, 5.74) is 0. The third-order valence-electron chi connectivity index (χ3n) is 1.29. The molecule has 0 atom stereocenters. The third-order valence-corrected chi connectivity index (χ3v) is 2.25. The van der Waals surface area contributed by atoms with Gasteiger partial charge in [-0.25, -0.2) is 4.68 Å². The van der Waals surface area contributed by atoms with E-state index in [0.29, 0.717) is 18.1 Å². The Kier molecular flexibility index (Phi) is 4.29. The SMILES string of the molecule is C#CCCSc1nnnn1CCO. The fourth-order valence-electron chi connectivity index (χ4n) is 0.736. The van der Waals surface area contributed by atoms with Gasteiger partial charge in [0.05, 0.1) is 13.2 Å². The highest BCUT2D eigenvalue weighted by atomic mass is 32.2. The Morgan fingerprint density at radius 3 is 3.15 bits per heavy atom. The first-order valence-corrected chi connectivity index (χ1v) is 4.80. The van der Waals surface area contributed by atoms with Crippen molar-refractivity contribution < 1.29 is 5.11 Å². The van der Waals surface area contributed by atoms with Crippen molar-refractivity contribution in [3.63, 3.8) is 0 Å². The lowest BCUT2D eigenvalue weighted by molar-refractivity contribution is 0.262. The van der Waals surface area contributed by atoms with Crippen molar-refractivity contribution in [3.05, 3.63) is 0 Å². The van der Waals surface area contributed by atoms with Crippen LogP contribution in [0.2, 0.25) is 0 Å². The summed E-state index contributed by atoms with van der Waals surface area (Å²) < 4.78 is 1.56. The maximum absolute atomic E-state index is 8.68. The molecule has 0 bridgehead atoms. The Balaban J connectivity index is 2.46. The van der Waals surface area contributed by atoms with Gasteiger partial charge in [0.1, 0.15) is 0 Å². The van der Waals surface area contributed by atoms with E-state index in [0.717, 1.165) is 5.75 Å². The molecule has 0 spiro atoms. The lowest BCUT2D eigenvalue weighted by Gasteiger charge is -1.99. The molecule has 0 unspecified atom stereocenters. The second kappa shape index (κ2) is 5.56. The van der Waals surface area contributed by atoms with Gasteiger partial charge >= 0.3 is 0 Å². The van der Waals surface area contributed by atoms with Gasteiger partial charge in [-0.05, 0) is 10.4 Å². The van der Waals surface area contributed by atoms with Gasteiger partial charge < -0.3 is 5.11 Å². The normalized spacial score (nSPS) is 9.85. The summed E-state index contributed by atoms with van der Waals surface area (Å²) in [4.78, 5) is 0. The van der Waals surface area contributed by atoms with Crippen molar-refractivity contribution in [2.75, 3.05) is 12.4 Å². The zero-order valence-electron chi connectivity index (χ0n) is 7.05. The second-order valence-corrected chi connectivity index (χ2v) is 3.27. The van der Waals surface area contributed by atoms with Gasteiger partial charge in [-0.15, -0.1) is 17.4 Å². The summed E-state index contributed by atoms with van der Waals surface area (Å²) in [6, 6.07) is 0. The second-order valence-electron chi connectivity index (χ2n) is 2.21. The molecule has 1 aromatic heterocycles. The van der Waals surface area contributed by atoms with Gasteiger partial charge in [0, 0.05) is 12.2 Å². The number of aliphatic hydroxyl groups is 1. The Bertz CT molecular complexity index is 293. The zero-order chi connectivity index (χ0) is 9.52. The van der Waals surface area contributed by atoms with Crippen LogP contribution in [0, 0.1) is 12.3 Å². The van der Waals surface area contributed by atoms with Crippen molar-refractivity contribution in [1.82, 2.24) is 20.2 Å². The molecule has 0 aliphatic carbocycles. The van der Waals surface area contributed by atoms with Crippen molar-refractivity contribution >= 4 is 11.8 Å². The van der Waals surface area contributed by atoms with Crippen LogP contribution in [-0.2, 0) is 6.54 Å². The largest absolute Gasteiger partial charge is 0.394 e. The molecular weight excluding hydrogens is 188 g/mol. The Labute approximate surface area is 80.5 Å². The number of hydrogen-bond donors (Lipinski definition) is 1. The van der Waals surface area contributed by atoms with E-state index in [1.165, 1.54) is 11.8 Å². The van der Waals surface area contributed by atoms with Gasteiger partial charge in [-0.3, -0.25) is 0 Å². The number of aliphatic hydroxyl groups excluding tert-OH is 1. The van der Waals surface area contributed by atoms with E-state index in [4.69, 9.17) is 11.5 Å². The molecule has 13 heavy (non-hydrogen) atoms. The van der Waals surface area contributed by atoms with Crippen LogP contribution in [-0.4, -0.2) is 37.7 Å². The third kappa shape index (κ3) is 3.05. The first-order chi connectivity index (χ1) is 6.38. The predicted octanol–water partition coefficient (Wildman–Crippen LogP) is -0.219. The van der Waals surface area contributed by atoms with Crippen LogP contribution >= 0.6 is 11.8 Å². The molecule has 1 rings (SSSR count). The number of nitrogens with zero attached hydrogens (tertiary/aromatic N) is 4.